The Kier molecular flexibility index (Phi) is 5.61. The Balaban J connectivity index is 1.56. The zero-order valence-corrected chi connectivity index (χ0v) is 18.1. The summed E-state index contributed by atoms with van der Waals surface area (Å²) in [6.07, 6.45) is 0.166. The van der Waals surface area contributed by atoms with E-state index in [-0.39, 0.29) is 18.1 Å². The van der Waals surface area contributed by atoms with Crippen LogP contribution in [0.15, 0.2) is 54.6 Å². The average molecular weight is 438 g/mol. The Morgan fingerprint density at radius 3 is 2.26 bits per heavy atom. The second kappa shape index (κ2) is 8.35. The molecule has 0 fully saturated rings. The van der Waals surface area contributed by atoms with Crippen molar-refractivity contribution in [3.8, 4) is 11.4 Å². The molecule has 4 rings (SSSR count). The molecule has 0 atom stereocenters. The minimum absolute atomic E-state index is 0.166. The van der Waals surface area contributed by atoms with E-state index in [1.807, 2.05) is 32.9 Å². The molecule has 4 aromatic rings. The molecule has 2 aromatic heterocycles. The van der Waals surface area contributed by atoms with Gasteiger partial charge in [-0.05, 0) is 69.3 Å². The molecule has 0 saturated heterocycles. The number of rotatable bonds is 5. The van der Waals surface area contributed by atoms with Crippen molar-refractivity contribution in [3.05, 3.63) is 88.1 Å². The second-order valence-corrected chi connectivity index (χ2v) is 7.76. The van der Waals surface area contributed by atoms with E-state index in [1.165, 1.54) is 12.1 Å². The summed E-state index contributed by atoms with van der Waals surface area (Å²) in [7, 11) is 0. The highest BCUT2D eigenvalue weighted by Gasteiger charge is 2.18. The lowest BCUT2D eigenvalue weighted by Gasteiger charge is -2.09. The van der Waals surface area contributed by atoms with Crippen molar-refractivity contribution in [3.63, 3.8) is 0 Å². The van der Waals surface area contributed by atoms with Crippen LogP contribution in [0, 0.1) is 26.6 Å². The van der Waals surface area contributed by atoms with E-state index < -0.39 is 0 Å². The summed E-state index contributed by atoms with van der Waals surface area (Å²) in [6, 6.07) is 15.1. The predicted molar refractivity (Wildman–Crippen MR) is 119 cm³/mol. The van der Waals surface area contributed by atoms with Gasteiger partial charge in [-0.1, -0.05) is 11.6 Å². The maximum absolute atomic E-state index is 13.3. The number of amides is 1. The summed E-state index contributed by atoms with van der Waals surface area (Å²) in [4.78, 5) is 12.9. The van der Waals surface area contributed by atoms with Gasteiger partial charge >= 0.3 is 0 Å². The van der Waals surface area contributed by atoms with E-state index in [2.05, 4.69) is 15.5 Å². The van der Waals surface area contributed by atoms with Crippen LogP contribution in [0.4, 0.5) is 10.2 Å². The third kappa shape index (κ3) is 4.36. The minimum atomic E-state index is -0.332. The second-order valence-electron chi connectivity index (χ2n) is 7.32. The molecular weight excluding hydrogens is 417 g/mol. The van der Waals surface area contributed by atoms with Gasteiger partial charge in [-0.3, -0.25) is 4.79 Å². The van der Waals surface area contributed by atoms with Crippen molar-refractivity contribution >= 4 is 23.3 Å². The first-order valence-corrected chi connectivity index (χ1v) is 10.1. The zero-order valence-electron chi connectivity index (χ0n) is 17.4. The first-order chi connectivity index (χ1) is 14.8. The molecule has 1 N–H and O–H groups in total. The Bertz CT molecular complexity index is 1240. The monoisotopic (exact) mass is 437 g/mol. The fourth-order valence-corrected chi connectivity index (χ4v) is 3.61. The van der Waals surface area contributed by atoms with Gasteiger partial charge in [0.1, 0.15) is 11.6 Å². The van der Waals surface area contributed by atoms with Crippen LogP contribution in [0.3, 0.4) is 0 Å². The molecule has 8 heteroatoms. The molecular formula is C23H21ClFN5O. The lowest BCUT2D eigenvalue weighted by molar-refractivity contribution is -0.115. The predicted octanol–water partition coefficient (Wildman–Crippen LogP) is 4.96. The van der Waals surface area contributed by atoms with Gasteiger partial charge in [0.05, 0.1) is 29.2 Å². The smallest absolute Gasteiger partial charge is 0.230 e. The molecule has 0 saturated carbocycles. The van der Waals surface area contributed by atoms with Crippen LogP contribution < -0.4 is 5.32 Å². The summed E-state index contributed by atoms with van der Waals surface area (Å²) in [5.41, 5.74) is 4.80. The van der Waals surface area contributed by atoms with Crippen LogP contribution in [0.2, 0.25) is 5.02 Å². The van der Waals surface area contributed by atoms with Gasteiger partial charge in [0.15, 0.2) is 0 Å². The molecule has 6 nitrogen and oxygen atoms in total. The average Bonchev–Trinajstić information content (AvgIpc) is 3.23. The highest BCUT2D eigenvalue weighted by Crippen LogP contribution is 2.22. The van der Waals surface area contributed by atoms with E-state index in [4.69, 9.17) is 11.6 Å². The number of carbonyl (C=O) groups is 1. The summed E-state index contributed by atoms with van der Waals surface area (Å²) in [5, 5.41) is 12.6. The lowest BCUT2D eigenvalue weighted by Crippen LogP contribution is -2.18. The summed E-state index contributed by atoms with van der Waals surface area (Å²) >= 11 is 5.98. The lowest BCUT2D eigenvalue weighted by atomic mass is 10.1. The van der Waals surface area contributed by atoms with Crippen molar-refractivity contribution in [2.75, 3.05) is 5.32 Å². The van der Waals surface area contributed by atoms with E-state index >= 15 is 0 Å². The number of halogens is 2. The van der Waals surface area contributed by atoms with Crippen molar-refractivity contribution in [2.45, 2.75) is 27.2 Å². The molecule has 158 valence electrons. The molecule has 2 aromatic carbocycles. The number of benzene rings is 2. The number of carbonyl (C=O) groups excluding carboxylic acids is 1. The fraction of sp³-hybridized carbons (Fsp3) is 0.174. The molecule has 0 aliphatic rings. The van der Waals surface area contributed by atoms with Crippen LogP contribution >= 0.6 is 11.6 Å². The molecule has 1 amide bonds. The molecule has 0 bridgehead atoms. The van der Waals surface area contributed by atoms with E-state index in [0.717, 1.165) is 28.3 Å². The van der Waals surface area contributed by atoms with Crippen LogP contribution in [-0.2, 0) is 11.2 Å². The summed E-state index contributed by atoms with van der Waals surface area (Å²) < 4.78 is 16.7. The zero-order chi connectivity index (χ0) is 22.1. The van der Waals surface area contributed by atoms with Crippen molar-refractivity contribution < 1.29 is 9.18 Å². The number of anilines is 1. The topological polar surface area (TPSA) is 64.7 Å². The van der Waals surface area contributed by atoms with Gasteiger partial charge in [0, 0.05) is 22.3 Å². The SMILES string of the molecule is Cc1cc(NC(=O)Cc2c(C)nn(-c3ccc(Cl)cc3)c2C)n(-c2ccc(F)cc2)n1. The van der Waals surface area contributed by atoms with E-state index in [1.54, 1.807) is 39.7 Å². The normalized spacial score (nSPS) is 11.0. The van der Waals surface area contributed by atoms with Gasteiger partial charge < -0.3 is 5.32 Å². The molecule has 0 radical (unpaired) electrons. The van der Waals surface area contributed by atoms with E-state index in [0.29, 0.717) is 16.5 Å². The Morgan fingerprint density at radius 1 is 0.968 bits per heavy atom. The largest absolute Gasteiger partial charge is 0.310 e. The summed E-state index contributed by atoms with van der Waals surface area (Å²) in [5.74, 6) is 0.00138. The molecule has 0 aliphatic heterocycles. The minimum Gasteiger partial charge on any atom is -0.310 e. The maximum Gasteiger partial charge on any atom is 0.230 e. The number of aromatic nitrogens is 4. The molecule has 0 unspecified atom stereocenters. The van der Waals surface area contributed by atoms with Gasteiger partial charge in [0.2, 0.25) is 5.91 Å². The van der Waals surface area contributed by atoms with Gasteiger partial charge in [0.25, 0.3) is 0 Å². The highest BCUT2D eigenvalue weighted by atomic mass is 35.5. The van der Waals surface area contributed by atoms with Crippen molar-refractivity contribution in [2.24, 2.45) is 0 Å². The van der Waals surface area contributed by atoms with Crippen LogP contribution in [-0.4, -0.2) is 25.5 Å². The van der Waals surface area contributed by atoms with Crippen molar-refractivity contribution in [1.29, 1.82) is 0 Å². The number of nitrogens with zero attached hydrogens (tertiary/aromatic N) is 4. The number of hydrogen-bond donors (Lipinski definition) is 1. The van der Waals surface area contributed by atoms with Crippen LogP contribution in [0.1, 0.15) is 22.6 Å². The van der Waals surface area contributed by atoms with Gasteiger partial charge in [-0.15, -0.1) is 0 Å². The van der Waals surface area contributed by atoms with Crippen LogP contribution in [0.25, 0.3) is 11.4 Å². The summed E-state index contributed by atoms with van der Waals surface area (Å²) in [6.45, 7) is 5.65. The quantitative estimate of drug-likeness (QED) is 0.480. The first kappa shape index (κ1) is 20.8. The third-order valence-corrected chi connectivity index (χ3v) is 5.27. The molecule has 31 heavy (non-hydrogen) atoms. The fourth-order valence-electron chi connectivity index (χ4n) is 3.48. The number of hydrogen-bond acceptors (Lipinski definition) is 3. The Hall–Kier alpha value is -3.45. The molecule has 0 aliphatic carbocycles. The van der Waals surface area contributed by atoms with Crippen molar-refractivity contribution in [1.82, 2.24) is 19.6 Å². The van der Waals surface area contributed by atoms with Gasteiger partial charge in [-0.25, -0.2) is 13.8 Å². The highest BCUT2D eigenvalue weighted by molar-refractivity contribution is 6.30. The molecule has 2 heterocycles. The Morgan fingerprint density at radius 2 is 1.58 bits per heavy atom. The standard InChI is InChI=1S/C23H21ClFN5O/c1-14-12-22(30(27-14)20-10-6-18(25)7-11-20)26-23(31)13-21-15(2)28-29(16(21)3)19-8-4-17(24)5-9-19/h4-12H,13H2,1-3H3,(H,26,31). The van der Waals surface area contributed by atoms with Gasteiger partial charge in [-0.2, -0.15) is 10.2 Å². The Labute approximate surface area is 184 Å². The number of nitrogens with one attached hydrogen (secondary N) is 1. The maximum atomic E-state index is 13.3. The number of aryl methyl sites for hydroxylation is 2. The molecule has 0 spiro atoms. The third-order valence-electron chi connectivity index (χ3n) is 5.02. The first-order valence-electron chi connectivity index (χ1n) is 9.75. The van der Waals surface area contributed by atoms with E-state index in [9.17, 15) is 9.18 Å². The van der Waals surface area contributed by atoms with Crippen LogP contribution in [0.5, 0.6) is 0 Å².